The molecular weight excluding hydrogens is 198 g/mol. The molecule has 0 radical (unpaired) electrons. The van der Waals surface area contributed by atoms with Gasteiger partial charge in [-0.3, -0.25) is 4.79 Å². The lowest BCUT2D eigenvalue weighted by molar-refractivity contribution is 0.0618. The van der Waals surface area contributed by atoms with Gasteiger partial charge in [-0.2, -0.15) is 0 Å². The number of carbonyl (C=O) groups excluding carboxylic acids is 1. The van der Waals surface area contributed by atoms with E-state index in [0.717, 1.165) is 24.8 Å². The van der Waals surface area contributed by atoms with Crippen molar-refractivity contribution in [2.24, 2.45) is 5.92 Å². The summed E-state index contributed by atoms with van der Waals surface area (Å²) in [6, 6.07) is 0. The van der Waals surface area contributed by atoms with Crippen molar-refractivity contribution in [3.63, 3.8) is 0 Å². The fourth-order valence-corrected chi connectivity index (χ4v) is 2.59. The Morgan fingerprint density at radius 1 is 1.64 bits per heavy atom. The summed E-state index contributed by atoms with van der Waals surface area (Å²) in [5.74, 6) is 0.361. The molecular formula is C10H13NO2S. The predicted molar refractivity (Wildman–Crippen MR) is 54.5 cm³/mol. The van der Waals surface area contributed by atoms with Crippen molar-refractivity contribution in [2.45, 2.75) is 32.3 Å². The molecule has 0 aliphatic heterocycles. The van der Waals surface area contributed by atoms with E-state index >= 15 is 0 Å². The molecule has 1 aliphatic carbocycles. The average molecular weight is 211 g/mol. The molecule has 1 N–H and O–H groups in total. The smallest absolute Gasteiger partial charge is 0.161 e. The molecule has 1 aromatic heterocycles. The van der Waals surface area contributed by atoms with Gasteiger partial charge in [0, 0.05) is 0 Å². The molecule has 76 valence electrons. The molecule has 3 nitrogen and oxygen atoms in total. The van der Waals surface area contributed by atoms with Crippen LogP contribution >= 0.6 is 11.3 Å². The molecule has 4 heteroatoms. The Morgan fingerprint density at radius 3 is 2.79 bits per heavy atom. The quantitative estimate of drug-likeness (QED) is 0.779. The first-order valence-corrected chi connectivity index (χ1v) is 5.64. The largest absolute Gasteiger partial charge is 0.386 e. The molecule has 1 aliphatic rings. The highest BCUT2D eigenvalue weighted by Gasteiger charge is 2.29. The third kappa shape index (κ3) is 1.60. The van der Waals surface area contributed by atoms with Gasteiger partial charge in [-0.05, 0) is 25.7 Å². The minimum atomic E-state index is -0.457. The second-order valence-electron chi connectivity index (χ2n) is 3.76. The second kappa shape index (κ2) is 3.79. The van der Waals surface area contributed by atoms with Crippen LogP contribution in [0.25, 0.3) is 0 Å². The zero-order valence-electron chi connectivity index (χ0n) is 8.06. The Labute approximate surface area is 86.8 Å². The van der Waals surface area contributed by atoms with E-state index in [1.165, 1.54) is 17.8 Å². The van der Waals surface area contributed by atoms with Gasteiger partial charge in [-0.1, -0.05) is 6.42 Å². The summed E-state index contributed by atoms with van der Waals surface area (Å²) in [7, 11) is 0. The first-order valence-electron chi connectivity index (χ1n) is 4.83. The van der Waals surface area contributed by atoms with E-state index in [-0.39, 0.29) is 0 Å². The molecule has 14 heavy (non-hydrogen) atoms. The lowest BCUT2D eigenvalue weighted by Gasteiger charge is -2.28. The highest BCUT2D eigenvalue weighted by atomic mass is 32.1. The summed E-state index contributed by atoms with van der Waals surface area (Å²) in [6.45, 7) is 1.80. The van der Waals surface area contributed by atoms with Crippen molar-refractivity contribution in [3.8, 4) is 0 Å². The number of rotatable bonds is 3. The topological polar surface area (TPSA) is 50.2 Å². The highest BCUT2D eigenvalue weighted by Crippen LogP contribution is 2.39. The predicted octanol–water partition coefficient (Wildman–Crippen LogP) is 2.10. The van der Waals surface area contributed by atoms with Gasteiger partial charge in [-0.15, -0.1) is 11.3 Å². The van der Waals surface area contributed by atoms with Crippen LogP contribution in [0.15, 0.2) is 0 Å². The van der Waals surface area contributed by atoms with Gasteiger partial charge in [0.05, 0.1) is 10.6 Å². The molecule has 1 saturated carbocycles. The molecule has 0 saturated heterocycles. The van der Waals surface area contributed by atoms with Gasteiger partial charge in [0.1, 0.15) is 11.1 Å². The minimum absolute atomic E-state index is 0.361. The van der Waals surface area contributed by atoms with Crippen molar-refractivity contribution in [2.75, 3.05) is 0 Å². The first-order chi connectivity index (χ1) is 6.72. The van der Waals surface area contributed by atoms with Gasteiger partial charge in [-0.25, -0.2) is 4.98 Å². The lowest BCUT2D eigenvalue weighted by atomic mass is 9.81. The Hall–Kier alpha value is -0.740. The number of hydrogen-bond donors (Lipinski definition) is 1. The van der Waals surface area contributed by atoms with Crippen LogP contribution in [0.4, 0.5) is 0 Å². The maximum atomic E-state index is 10.6. The molecule has 1 atom stereocenters. The van der Waals surface area contributed by atoms with E-state index in [2.05, 4.69) is 4.98 Å². The van der Waals surface area contributed by atoms with Gasteiger partial charge in [0.15, 0.2) is 6.29 Å². The van der Waals surface area contributed by atoms with Gasteiger partial charge >= 0.3 is 0 Å². The Morgan fingerprint density at radius 2 is 2.36 bits per heavy atom. The Kier molecular flexibility index (Phi) is 2.65. The van der Waals surface area contributed by atoms with Crippen molar-refractivity contribution in [1.82, 2.24) is 4.98 Å². The summed E-state index contributed by atoms with van der Waals surface area (Å²) >= 11 is 1.32. The van der Waals surface area contributed by atoms with E-state index in [0.29, 0.717) is 15.8 Å². The van der Waals surface area contributed by atoms with Gasteiger partial charge < -0.3 is 5.11 Å². The fraction of sp³-hybridized carbons (Fsp3) is 0.600. The Balaban J connectivity index is 2.18. The van der Waals surface area contributed by atoms with Crippen LogP contribution < -0.4 is 0 Å². The van der Waals surface area contributed by atoms with E-state index in [9.17, 15) is 9.90 Å². The summed E-state index contributed by atoms with van der Waals surface area (Å²) in [5, 5.41) is 10.6. The third-order valence-corrected chi connectivity index (χ3v) is 3.96. The molecule has 1 aromatic rings. The number of thiazole rings is 1. The molecule has 0 amide bonds. The first kappa shape index (κ1) is 9.80. The van der Waals surface area contributed by atoms with Crippen LogP contribution in [0.1, 0.15) is 45.7 Å². The zero-order valence-corrected chi connectivity index (χ0v) is 8.88. The van der Waals surface area contributed by atoms with Crippen LogP contribution in [-0.4, -0.2) is 16.4 Å². The minimum Gasteiger partial charge on any atom is -0.386 e. The van der Waals surface area contributed by atoms with Crippen LogP contribution in [0.5, 0.6) is 0 Å². The standard InChI is InChI=1S/C10H13NO2S/c1-6-8(5-12)14-10(11-6)9(13)7-3-2-4-7/h5,7,9,13H,2-4H2,1H3. The number of aromatic nitrogens is 1. The number of carbonyl (C=O) groups is 1. The summed E-state index contributed by atoms with van der Waals surface area (Å²) in [4.78, 5) is 15.5. The van der Waals surface area contributed by atoms with E-state index < -0.39 is 6.10 Å². The summed E-state index contributed by atoms with van der Waals surface area (Å²) in [6.07, 6.45) is 3.71. The second-order valence-corrected chi connectivity index (χ2v) is 4.82. The summed E-state index contributed by atoms with van der Waals surface area (Å²) in [5.41, 5.74) is 0.735. The van der Waals surface area contributed by atoms with E-state index in [1.807, 2.05) is 0 Å². The van der Waals surface area contributed by atoms with Crippen LogP contribution in [0, 0.1) is 12.8 Å². The van der Waals surface area contributed by atoms with Crippen molar-refractivity contribution in [3.05, 3.63) is 15.6 Å². The maximum Gasteiger partial charge on any atom is 0.161 e. The number of aldehydes is 1. The number of hydrogen-bond acceptors (Lipinski definition) is 4. The molecule has 0 spiro atoms. The van der Waals surface area contributed by atoms with Crippen molar-refractivity contribution in [1.29, 1.82) is 0 Å². The van der Waals surface area contributed by atoms with E-state index in [4.69, 9.17) is 0 Å². The Bertz CT molecular complexity index is 344. The number of aryl methyl sites for hydroxylation is 1. The molecule has 1 fully saturated rings. The number of nitrogens with zero attached hydrogens (tertiary/aromatic N) is 1. The lowest BCUT2D eigenvalue weighted by Crippen LogP contribution is -2.19. The summed E-state index contributed by atoms with van der Waals surface area (Å²) < 4.78 is 0. The molecule has 0 aromatic carbocycles. The molecule has 1 heterocycles. The third-order valence-electron chi connectivity index (χ3n) is 2.81. The molecule has 2 rings (SSSR count). The van der Waals surface area contributed by atoms with Crippen LogP contribution in [0.2, 0.25) is 0 Å². The SMILES string of the molecule is Cc1nc(C(O)C2CCC2)sc1C=O. The maximum absolute atomic E-state index is 10.6. The zero-order chi connectivity index (χ0) is 10.1. The normalized spacial score (nSPS) is 19.0. The van der Waals surface area contributed by atoms with Crippen LogP contribution in [0.3, 0.4) is 0 Å². The van der Waals surface area contributed by atoms with Crippen LogP contribution in [-0.2, 0) is 0 Å². The monoisotopic (exact) mass is 211 g/mol. The molecule has 0 bridgehead atoms. The average Bonchev–Trinajstić information content (AvgIpc) is 2.43. The van der Waals surface area contributed by atoms with E-state index in [1.54, 1.807) is 6.92 Å². The van der Waals surface area contributed by atoms with Gasteiger partial charge in [0.2, 0.25) is 0 Å². The molecule has 1 unspecified atom stereocenters. The highest BCUT2D eigenvalue weighted by molar-refractivity contribution is 7.13. The van der Waals surface area contributed by atoms with Gasteiger partial charge in [0.25, 0.3) is 0 Å². The van der Waals surface area contributed by atoms with Crippen molar-refractivity contribution >= 4 is 17.6 Å². The number of aliphatic hydroxyl groups is 1. The fourth-order valence-electron chi connectivity index (χ4n) is 1.62. The number of aliphatic hydroxyl groups excluding tert-OH is 1. The van der Waals surface area contributed by atoms with Crippen molar-refractivity contribution < 1.29 is 9.90 Å².